The third kappa shape index (κ3) is 3.28. The Kier molecular flexibility index (Phi) is 4.64. The van der Waals surface area contributed by atoms with Crippen LogP contribution in [0, 0.1) is 5.92 Å². The van der Waals surface area contributed by atoms with Gasteiger partial charge in [-0.2, -0.15) is 0 Å². The van der Waals surface area contributed by atoms with E-state index in [-0.39, 0.29) is 11.7 Å². The van der Waals surface area contributed by atoms with Gasteiger partial charge in [0, 0.05) is 22.7 Å². The number of Topliss-reactive ketones (excluding diaryl/α,β-unsaturated/α-hetero) is 1. The highest BCUT2D eigenvalue weighted by atomic mass is 16.5. The van der Waals surface area contributed by atoms with Gasteiger partial charge in [-0.25, -0.2) is 4.79 Å². The highest BCUT2D eigenvalue weighted by Crippen LogP contribution is 2.42. The van der Waals surface area contributed by atoms with Crippen molar-refractivity contribution < 1.29 is 23.9 Å². The fraction of sp³-hybridized carbons (Fsp3) is 0.429. The fourth-order valence-electron chi connectivity index (χ4n) is 3.94. The van der Waals surface area contributed by atoms with E-state index in [1.165, 1.54) is 0 Å². The summed E-state index contributed by atoms with van der Waals surface area (Å²) < 4.78 is 5.06. The molecule has 2 fully saturated rings. The Morgan fingerprint density at radius 2 is 2.03 bits per heavy atom. The summed E-state index contributed by atoms with van der Waals surface area (Å²) in [7, 11) is 0. The topological polar surface area (TPSA) is 109 Å². The van der Waals surface area contributed by atoms with Gasteiger partial charge in [0.15, 0.2) is 6.61 Å². The number of amides is 3. The number of ketones is 1. The van der Waals surface area contributed by atoms with Gasteiger partial charge in [-0.1, -0.05) is 25.1 Å². The number of nitrogens with one attached hydrogen (secondary N) is 2. The average molecular weight is 397 g/mol. The van der Waals surface area contributed by atoms with Gasteiger partial charge in [-0.05, 0) is 37.7 Å². The first-order valence-electron chi connectivity index (χ1n) is 9.77. The van der Waals surface area contributed by atoms with Gasteiger partial charge < -0.3 is 15.0 Å². The van der Waals surface area contributed by atoms with Crippen molar-refractivity contribution in [1.29, 1.82) is 0 Å². The summed E-state index contributed by atoms with van der Waals surface area (Å²) in [5, 5.41) is 3.45. The number of hydrogen-bond acceptors (Lipinski definition) is 5. The van der Waals surface area contributed by atoms with Gasteiger partial charge in [0.2, 0.25) is 5.78 Å². The molecular weight excluding hydrogens is 374 g/mol. The lowest BCUT2D eigenvalue weighted by Gasteiger charge is -2.20. The number of carbonyl (C=O) groups excluding carboxylic acids is 4. The van der Waals surface area contributed by atoms with E-state index < -0.39 is 36.6 Å². The van der Waals surface area contributed by atoms with Crippen molar-refractivity contribution in [3.63, 3.8) is 0 Å². The maximum atomic E-state index is 12.6. The van der Waals surface area contributed by atoms with Crippen LogP contribution in [0.5, 0.6) is 0 Å². The number of esters is 1. The molecule has 8 nitrogen and oxygen atoms in total. The van der Waals surface area contributed by atoms with Crippen LogP contribution in [0.3, 0.4) is 0 Å². The predicted octanol–water partition coefficient (Wildman–Crippen LogP) is 2.18. The standard InChI is InChI=1S/C21H23N3O5/c1-3-12-5-4-6-14-15(9-22-18(12)14)16(25)11-29-17(26)10-24-19(27)21(2,13-7-8-13)23-20(24)28/h4-6,9,13,22H,3,7-8,10-11H2,1-2H3,(H,23,28)/t21-/m1/s1. The summed E-state index contributed by atoms with van der Waals surface area (Å²) in [6.45, 7) is 2.75. The van der Waals surface area contributed by atoms with E-state index in [9.17, 15) is 19.2 Å². The minimum atomic E-state index is -0.950. The monoisotopic (exact) mass is 397 g/mol. The first-order chi connectivity index (χ1) is 13.8. The molecule has 1 saturated heterocycles. The summed E-state index contributed by atoms with van der Waals surface area (Å²) in [5.74, 6) is -1.46. The molecule has 152 valence electrons. The first-order valence-corrected chi connectivity index (χ1v) is 9.77. The summed E-state index contributed by atoms with van der Waals surface area (Å²) in [4.78, 5) is 53.3. The van der Waals surface area contributed by atoms with Crippen molar-refractivity contribution in [2.24, 2.45) is 5.92 Å². The Hall–Kier alpha value is -3.16. The number of nitrogens with zero attached hydrogens (tertiary/aromatic N) is 1. The second-order valence-electron chi connectivity index (χ2n) is 7.78. The Bertz CT molecular complexity index is 1020. The molecule has 1 saturated carbocycles. The van der Waals surface area contributed by atoms with E-state index in [1.54, 1.807) is 13.1 Å². The van der Waals surface area contributed by atoms with E-state index in [0.29, 0.717) is 5.56 Å². The van der Waals surface area contributed by atoms with Crippen molar-refractivity contribution in [3.05, 3.63) is 35.5 Å². The SMILES string of the molecule is CCc1cccc2c(C(=O)COC(=O)CN3C(=O)N[C@](C)(C4CC4)C3=O)c[nH]c12. The van der Waals surface area contributed by atoms with Crippen molar-refractivity contribution in [3.8, 4) is 0 Å². The van der Waals surface area contributed by atoms with Gasteiger partial charge >= 0.3 is 12.0 Å². The lowest BCUT2D eigenvalue weighted by Crippen LogP contribution is -2.46. The number of ether oxygens (including phenoxy) is 1. The van der Waals surface area contributed by atoms with Crippen LogP contribution in [0.4, 0.5) is 4.79 Å². The van der Waals surface area contributed by atoms with Crippen molar-refractivity contribution in [1.82, 2.24) is 15.2 Å². The predicted molar refractivity (Wildman–Crippen MR) is 104 cm³/mol. The maximum absolute atomic E-state index is 12.6. The smallest absolute Gasteiger partial charge is 0.326 e. The molecule has 8 heteroatoms. The molecule has 4 rings (SSSR count). The highest BCUT2D eigenvalue weighted by Gasteiger charge is 2.56. The van der Waals surface area contributed by atoms with Gasteiger partial charge in [0.25, 0.3) is 5.91 Å². The van der Waals surface area contributed by atoms with Crippen LogP contribution in [0.2, 0.25) is 0 Å². The molecule has 0 unspecified atom stereocenters. The molecule has 1 aromatic carbocycles. The van der Waals surface area contributed by atoms with Gasteiger partial charge in [-0.15, -0.1) is 0 Å². The van der Waals surface area contributed by atoms with Crippen LogP contribution in [-0.4, -0.2) is 52.3 Å². The molecule has 2 N–H and O–H groups in total. The van der Waals surface area contributed by atoms with Crippen molar-refractivity contribution in [2.45, 2.75) is 38.6 Å². The number of aromatic amines is 1. The fourth-order valence-corrected chi connectivity index (χ4v) is 3.94. The summed E-state index contributed by atoms with van der Waals surface area (Å²) in [6, 6.07) is 5.11. The zero-order valence-electron chi connectivity index (χ0n) is 16.4. The number of hydrogen-bond donors (Lipinski definition) is 2. The minimum Gasteiger partial charge on any atom is -0.456 e. The molecule has 2 aliphatic rings. The zero-order valence-corrected chi connectivity index (χ0v) is 16.4. The van der Waals surface area contributed by atoms with Crippen molar-refractivity contribution in [2.75, 3.05) is 13.2 Å². The maximum Gasteiger partial charge on any atom is 0.326 e. The van der Waals surface area contributed by atoms with Gasteiger partial charge in [0.05, 0.1) is 0 Å². The Balaban J connectivity index is 1.38. The van der Waals surface area contributed by atoms with E-state index >= 15 is 0 Å². The van der Waals surface area contributed by atoms with Gasteiger partial charge in [0.1, 0.15) is 12.1 Å². The van der Waals surface area contributed by atoms with Crippen LogP contribution < -0.4 is 5.32 Å². The summed E-state index contributed by atoms with van der Waals surface area (Å²) >= 11 is 0. The third-order valence-corrected chi connectivity index (χ3v) is 5.83. The number of carbonyl (C=O) groups is 4. The molecule has 0 radical (unpaired) electrons. The van der Waals surface area contributed by atoms with E-state index in [0.717, 1.165) is 40.6 Å². The molecule has 0 spiro atoms. The lowest BCUT2D eigenvalue weighted by atomic mass is 9.96. The molecule has 1 aromatic heterocycles. The normalized spacial score (nSPS) is 21.5. The molecular formula is C21H23N3O5. The zero-order chi connectivity index (χ0) is 20.8. The summed E-state index contributed by atoms with van der Waals surface area (Å²) in [6.07, 6.45) is 4.18. The summed E-state index contributed by atoms with van der Waals surface area (Å²) in [5.41, 5.74) is 1.48. The number of H-pyrrole nitrogens is 1. The van der Waals surface area contributed by atoms with Crippen LogP contribution in [0.1, 0.15) is 42.6 Å². The average Bonchev–Trinajstić information content (AvgIpc) is 3.44. The first kappa shape index (κ1) is 19.2. The van der Waals surface area contributed by atoms with Crippen LogP contribution >= 0.6 is 0 Å². The van der Waals surface area contributed by atoms with Crippen molar-refractivity contribution >= 4 is 34.6 Å². The van der Waals surface area contributed by atoms with Crippen LogP contribution in [0.15, 0.2) is 24.4 Å². The number of rotatable bonds is 7. The van der Waals surface area contributed by atoms with E-state index in [1.807, 2.05) is 25.1 Å². The largest absolute Gasteiger partial charge is 0.456 e. The van der Waals surface area contributed by atoms with Crippen LogP contribution in [0.25, 0.3) is 10.9 Å². The number of fused-ring (bicyclic) bond motifs is 1. The van der Waals surface area contributed by atoms with E-state index in [4.69, 9.17) is 4.74 Å². The third-order valence-electron chi connectivity index (χ3n) is 5.83. The second-order valence-corrected chi connectivity index (χ2v) is 7.78. The Morgan fingerprint density at radius 3 is 2.72 bits per heavy atom. The quantitative estimate of drug-likeness (QED) is 0.423. The number of aryl methyl sites for hydroxylation is 1. The molecule has 0 bridgehead atoms. The molecule has 1 atom stereocenters. The lowest BCUT2D eigenvalue weighted by molar-refractivity contribution is -0.146. The molecule has 3 amide bonds. The second kappa shape index (κ2) is 7.02. The Morgan fingerprint density at radius 1 is 1.28 bits per heavy atom. The Labute approximate surface area is 167 Å². The highest BCUT2D eigenvalue weighted by molar-refractivity contribution is 6.10. The minimum absolute atomic E-state index is 0.108. The van der Waals surface area contributed by atoms with E-state index in [2.05, 4.69) is 10.3 Å². The molecule has 1 aliphatic heterocycles. The van der Waals surface area contributed by atoms with Crippen LogP contribution in [-0.2, 0) is 20.7 Å². The molecule has 1 aliphatic carbocycles. The number of urea groups is 1. The number of aromatic nitrogens is 1. The molecule has 2 aromatic rings. The van der Waals surface area contributed by atoms with Gasteiger partial charge in [-0.3, -0.25) is 19.3 Å². The number of benzene rings is 1. The molecule has 29 heavy (non-hydrogen) atoms. The number of para-hydroxylation sites is 1. The molecule has 2 heterocycles. The number of imide groups is 1.